The maximum atomic E-state index is 4.53. The lowest BCUT2D eigenvalue weighted by Gasteiger charge is -2.44. The van der Waals surface area contributed by atoms with Crippen LogP contribution in [-0.2, 0) is 0 Å². The number of hydrogen-bond acceptors (Lipinski definition) is 6. The third kappa shape index (κ3) is 2.49. The van der Waals surface area contributed by atoms with E-state index in [-0.39, 0.29) is 0 Å². The highest BCUT2D eigenvalue weighted by molar-refractivity contribution is 5.47. The first-order valence-electron chi connectivity index (χ1n) is 7.81. The van der Waals surface area contributed by atoms with E-state index in [1.807, 2.05) is 13.1 Å². The number of anilines is 2. The lowest BCUT2D eigenvalue weighted by Crippen LogP contribution is -2.59. The second kappa shape index (κ2) is 5.19. The lowest BCUT2D eigenvalue weighted by atomic mass is 10.1. The Hall–Kier alpha value is -2.24. The minimum atomic E-state index is 0.445. The molecule has 0 spiro atoms. The van der Waals surface area contributed by atoms with Crippen molar-refractivity contribution in [2.45, 2.75) is 31.7 Å². The summed E-state index contributed by atoms with van der Waals surface area (Å²) in [6.07, 6.45) is 6.13. The van der Waals surface area contributed by atoms with E-state index in [1.54, 1.807) is 6.20 Å². The fourth-order valence-electron chi connectivity index (χ4n) is 2.80. The predicted octanol–water partition coefficient (Wildman–Crippen LogP) is 1.78. The molecule has 6 heteroatoms. The molecule has 0 bridgehead atoms. The molecule has 2 aromatic rings. The van der Waals surface area contributed by atoms with Crippen LogP contribution in [0.25, 0.3) is 0 Å². The summed E-state index contributed by atoms with van der Waals surface area (Å²) in [5.41, 5.74) is 2.09. The maximum Gasteiger partial charge on any atom is 0.151 e. The molecule has 2 aliphatic rings. The van der Waals surface area contributed by atoms with Crippen LogP contribution in [0, 0.1) is 6.92 Å². The van der Waals surface area contributed by atoms with E-state index >= 15 is 0 Å². The molecule has 0 atom stereocenters. The highest BCUT2D eigenvalue weighted by atomic mass is 15.4. The molecule has 4 rings (SSSR count). The topological polar surface area (TPSA) is 58.0 Å². The molecule has 3 heterocycles. The van der Waals surface area contributed by atoms with E-state index in [0.717, 1.165) is 36.1 Å². The fraction of sp³-hybridized carbons (Fsp3) is 0.500. The highest BCUT2D eigenvalue weighted by Gasteiger charge is 2.32. The Morgan fingerprint density at radius 2 is 1.95 bits per heavy atom. The van der Waals surface area contributed by atoms with Crippen molar-refractivity contribution in [3.63, 3.8) is 0 Å². The molecule has 1 saturated carbocycles. The molecule has 1 aliphatic heterocycles. The van der Waals surface area contributed by atoms with Gasteiger partial charge in [-0.05, 0) is 31.9 Å². The summed E-state index contributed by atoms with van der Waals surface area (Å²) in [4.78, 5) is 13.2. The minimum Gasteiger partial charge on any atom is -0.352 e. The SMILES string of the molecule is Cc1cncc(N(C)C2CN(c3ccc(C4CC4)nn3)C2)n1. The molecule has 0 radical (unpaired) electrons. The average molecular weight is 296 g/mol. The number of aryl methyl sites for hydroxylation is 1. The number of rotatable bonds is 4. The van der Waals surface area contributed by atoms with Gasteiger partial charge in [0.25, 0.3) is 0 Å². The van der Waals surface area contributed by atoms with Gasteiger partial charge in [0.1, 0.15) is 5.82 Å². The number of nitrogens with zero attached hydrogens (tertiary/aromatic N) is 6. The van der Waals surface area contributed by atoms with E-state index in [2.05, 4.69) is 49.1 Å². The molecule has 0 amide bonds. The largest absolute Gasteiger partial charge is 0.352 e. The summed E-state index contributed by atoms with van der Waals surface area (Å²) < 4.78 is 0. The van der Waals surface area contributed by atoms with Gasteiger partial charge in [-0.2, -0.15) is 5.10 Å². The van der Waals surface area contributed by atoms with Crippen molar-refractivity contribution >= 4 is 11.6 Å². The smallest absolute Gasteiger partial charge is 0.151 e. The zero-order valence-corrected chi connectivity index (χ0v) is 13.0. The quantitative estimate of drug-likeness (QED) is 0.857. The minimum absolute atomic E-state index is 0.445. The van der Waals surface area contributed by atoms with E-state index in [9.17, 15) is 0 Å². The Labute approximate surface area is 130 Å². The lowest BCUT2D eigenvalue weighted by molar-refractivity contribution is 0.487. The zero-order valence-electron chi connectivity index (χ0n) is 13.0. The average Bonchev–Trinajstić information content (AvgIpc) is 3.31. The van der Waals surface area contributed by atoms with Gasteiger partial charge in [-0.1, -0.05) is 0 Å². The van der Waals surface area contributed by atoms with Crippen LogP contribution in [0.5, 0.6) is 0 Å². The fourth-order valence-corrected chi connectivity index (χ4v) is 2.80. The van der Waals surface area contributed by atoms with Gasteiger partial charge in [-0.25, -0.2) is 4.98 Å². The molecule has 0 unspecified atom stereocenters. The molecular weight excluding hydrogens is 276 g/mol. The molecule has 22 heavy (non-hydrogen) atoms. The van der Waals surface area contributed by atoms with E-state index in [0.29, 0.717) is 12.0 Å². The molecule has 1 saturated heterocycles. The third-order valence-electron chi connectivity index (χ3n) is 4.50. The van der Waals surface area contributed by atoms with Crippen molar-refractivity contribution in [1.29, 1.82) is 0 Å². The second-order valence-corrected chi connectivity index (χ2v) is 6.28. The Morgan fingerprint density at radius 3 is 2.59 bits per heavy atom. The highest BCUT2D eigenvalue weighted by Crippen LogP contribution is 2.38. The first kappa shape index (κ1) is 13.4. The molecular formula is C16H20N6. The number of likely N-dealkylation sites (N-methyl/N-ethyl adjacent to an activating group) is 1. The molecule has 6 nitrogen and oxygen atoms in total. The van der Waals surface area contributed by atoms with Crippen molar-refractivity contribution in [3.05, 3.63) is 35.9 Å². The van der Waals surface area contributed by atoms with Gasteiger partial charge in [-0.3, -0.25) is 4.98 Å². The first-order valence-corrected chi connectivity index (χ1v) is 7.81. The van der Waals surface area contributed by atoms with Crippen molar-refractivity contribution in [3.8, 4) is 0 Å². The van der Waals surface area contributed by atoms with Crippen LogP contribution in [0.1, 0.15) is 30.1 Å². The van der Waals surface area contributed by atoms with Gasteiger partial charge >= 0.3 is 0 Å². The maximum absolute atomic E-state index is 4.53. The Morgan fingerprint density at radius 1 is 1.14 bits per heavy atom. The van der Waals surface area contributed by atoms with Gasteiger partial charge in [0.15, 0.2) is 5.82 Å². The van der Waals surface area contributed by atoms with Crippen LogP contribution in [0.4, 0.5) is 11.6 Å². The number of hydrogen-bond donors (Lipinski definition) is 0. The van der Waals surface area contributed by atoms with Crippen LogP contribution < -0.4 is 9.80 Å². The zero-order chi connectivity index (χ0) is 15.1. The molecule has 2 aromatic heterocycles. The predicted molar refractivity (Wildman–Crippen MR) is 85.2 cm³/mol. The van der Waals surface area contributed by atoms with Crippen molar-refractivity contribution < 1.29 is 0 Å². The summed E-state index contributed by atoms with van der Waals surface area (Å²) in [5.74, 6) is 2.57. The summed E-state index contributed by atoms with van der Waals surface area (Å²) in [6.45, 7) is 3.86. The summed E-state index contributed by atoms with van der Waals surface area (Å²) in [5, 5.41) is 8.73. The normalized spacial score (nSPS) is 18.2. The standard InChI is InChI=1S/C16H20N6/c1-11-7-17-8-16(18-11)21(2)13-9-22(10-13)15-6-5-14(19-20-15)12-3-4-12/h5-8,12-13H,3-4,9-10H2,1-2H3. The monoisotopic (exact) mass is 296 g/mol. The van der Waals surface area contributed by atoms with Crippen molar-refractivity contribution in [2.24, 2.45) is 0 Å². The first-order chi connectivity index (χ1) is 10.7. The number of aromatic nitrogens is 4. The third-order valence-corrected chi connectivity index (χ3v) is 4.50. The molecule has 0 aromatic carbocycles. The molecule has 0 N–H and O–H groups in total. The summed E-state index contributed by atoms with van der Waals surface area (Å²) in [6, 6.07) is 4.67. The summed E-state index contributed by atoms with van der Waals surface area (Å²) in [7, 11) is 2.08. The molecule has 114 valence electrons. The van der Waals surface area contributed by atoms with Gasteiger partial charge in [0.05, 0.1) is 23.6 Å². The van der Waals surface area contributed by atoms with E-state index < -0.39 is 0 Å². The Balaban J connectivity index is 1.38. The molecule has 2 fully saturated rings. The Kier molecular flexibility index (Phi) is 3.17. The molecule has 1 aliphatic carbocycles. The van der Waals surface area contributed by atoms with Gasteiger partial charge in [0.2, 0.25) is 0 Å². The second-order valence-electron chi connectivity index (χ2n) is 6.28. The van der Waals surface area contributed by atoms with Crippen LogP contribution in [0.15, 0.2) is 24.5 Å². The van der Waals surface area contributed by atoms with Crippen LogP contribution in [0.3, 0.4) is 0 Å². The van der Waals surface area contributed by atoms with Gasteiger partial charge < -0.3 is 9.80 Å². The van der Waals surface area contributed by atoms with Crippen LogP contribution in [-0.4, -0.2) is 46.3 Å². The van der Waals surface area contributed by atoms with Crippen LogP contribution >= 0.6 is 0 Å². The van der Waals surface area contributed by atoms with Gasteiger partial charge in [-0.15, -0.1) is 5.10 Å². The Bertz CT molecular complexity index is 661. The van der Waals surface area contributed by atoms with Crippen LogP contribution in [0.2, 0.25) is 0 Å². The van der Waals surface area contributed by atoms with E-state index in [4.69, 9.17) is 0 Å². The van der Waals surface area contributed by atoms with Crippen molar-refractivity contribution in [2.75, 3.05) is 29.9 Å². The van der Waals surface area contributed by atoms with Crippen molar-refractivity contribution in [1.82, 2.24) is 20.2 Å². The van der Waals surface area contributed by atoms with Gasteiger partial charge in [0, 0.05) is 32.3 Å². The summed E-state index contributed by atoms with van der Waals surface area (Å²) >= 11 is 0. The van der Waals surface area contributed by atoms with E-state index in [1.165, 1.54) is 12.8 Å².